The Morgan fingerprint density at radius 2 is 1.78 bits per heavy atom. The average Bonchev–Trinajstić information content (AvgIpc) is 3.36. The molecule has 132 valence electrons. The van der Waals surface area contributed by atoms with Crippen molar-refractivity contribution in [1.82, 2.24) is 0 Å². The van der Waals surface area contributed by atoms with Crippen LogP contribution in [0.25, 0.3) is 0 Å². The summed E-state index contributed by atoms with van der Waals surface area (Å²) in [4.78, 5) is 0. The van der Waals surface area contributed by atoms with Crippen LogP contribution in [0.1, 0.15) is 60.8 Å². The Labute approximate surface area is 140 Å². The van der Waals surface area contributed by atoms with Crippen LogP contribution in [0.3, 0.4) is 0 Å². The fourth-order valence-electron chi connectivity index (χ4n) is 5.19. The molecule has 4 fully saturated rings. The lowest BCUT2D eigenvalue weighted by atomic mass is 9.64. The molecule has 0 aromatic carbocycles. The summed E-state index contributed by atoms with van der Waals surface area (Å²) in [6.45, 7) is 14.1. The van der Waals surface area contributed by atoms with Gasteiger partial charge in [-0.2, -0.15) is 0 Å². The summed E-state index contributed by atoms with van der Waals surface area (Å²) >= 11 is 0. The van der Waals surface area contributed by atoms with E-state index in [1.165, 1.54) is 0 Å². The molecule has 7 atom stereocenters. The molecule has 4 nitrogen and oxygen atoms in total. The lowest BCUT2D eigenvalue weighted by molar-refractivity contribution is -0.0930. The predicted molar refractivity (Wildman–Crippen MR) is 87.4 cm³/mol. The van der Waals surface area contributed by atoms with Gasteiger partial charge >= 0.3 is 0 Å². The Kier molecular flexibility index (Phi) is 3.50. The Balaban J connectivity index is 1.47. The van der Waals surface area contributed by atoms with Crippen LogP contribution in [0.15, 0.2) is 0 Å². The second-order valence-corrected chi connectivity index (χ2v) is 9.19. The molecule has 0 bridgehead atoms. The fourth-order valence-corrected chi connectivity index (χ4v) is 5.19. The molecule has 0 amide bonds. The zero-order chi connectivity index (χ0) is 16.6. The molecule has 23 heavy (non-hydrogen) atoms. The monoisotopic (exact) mass is 324 g/mol. The van der Waals surface area contributed by atoms with Crippen LogP contribution in [0.2, 0.25) is 0 Å². The largest absolute Gasteiger partial charge is 0.375 e. The molecule has 0 N–H and O–H groups in total. The number of rotatable bonds is 5. The van der Waals surface area contributed by atoms with Crippen molar-refractivity contribution in [1.29, 1.82) is 0 Å². The first-order chi connectivity index (χ1) is 10.7. The summed E-state index contributed by atoms with van der Waals surface area (Å²) in [5.74, 6) is 0.899. The van der Waals surface area contributed by atoms with E-state index in [2.05, 4.69) is 41.5 Å². The van der Waals surface area contributed by atoms with E-state index in [-0.39, 0.29) is 22.9 Å². The highest BCUT2D eigenvalue weighted by atomic mass is 16.6. The fraction of sp³-hybridized carbons (Fsp3) is 1.00. The van der Waals surface area contributed by atoms with Crippen LogP contribution in [0.4, 0.5) is 0 Å². The molecule has 1 aliphatic carbocycles. The zero-order valence-electron chi connectivity index (χ0n) is 15.4. The van der Waals surface area contributed by atoms with Crippen LogP contribution in [0, 0.1) is 11.8 Å². The maximum atomic E-state index is 6.27. The van der Waals surface area contributed by atoms with E-state index in [1.807, 2.05) is 0 Å². The third-order valence-electron chi connectivity index (χ3n) is 6.68. The third-order valence-corrected chi connectivity index (χ3v) is 6.68. The van der Waals surface area contributed by atoms with E-state index in [1.54, 1.807) is 0 Å². The number of epoxide rings is 3. The standard InChI is InChI=1S/C19H32O4/c1-11(2)21-13-7-8-19(10-20-19)16(12(13)3)18(6)15(23-18)9-14-17(4,5)22-14/h11-16H,7-10H2,1-6H3/t12-,13-,14+,15-,16?,18?,19+/m1/s1. The molecule has 1 saturated carbocycles. The van der Waals surface area contributed by atoms with Crippen LogP contribution in [-0.4, -0.2) is 47.8 Å². The van der Waals surface area contributed by atoms with E-state index >= 15 is 0 Å². The molecule has 0 radical (unpaired) electrons. The zero-order valence-corrected chi connectivity index (χ0v) is 15.4. The lowest BCUT2D eigenvalue weighted by Crippen LogP contribution is -2.50. The summed E-state index contributed by atoms with van der Waals surface area (Å²) in [5, 5.41) is 0. The third kappa shape index (κ3) is 2.66. The highest BCUT2D eigenvalue weighted by Gasteiger charge is 2.72. The molecular formula is C19H32O4. The van der Waals surface area contributed by atoms with Crippen molar-refractivity contribution in [3.63, 3.8) is 0 Å². The molecule has 0 aromatic heterocycles. The maximum absolute atomic E-state index is 6.27. The lowest BCUT2D eigenvalue weighted by Gasteiger charge is -2.43. The Morgan fingerprint density at radius 1 is 1.13 bits per heavy atom. The molecule has 0 aromatic rings. The highest BCUT2D eigenvalue weighted by Crippen LogP contribution is 2.61. The van der Waals surface area contributed by atoms with Gasteiger partial charge in [0.1, 0.15) is 0 Å². The van der Waals surface area contributed by atoms with Crippen LogP contribution in [0.5, 0.6) is 0 Å². The van der Waals surface area contributed by atoms with E-state index in [0.717, 1.165) is 25.9 Å². The van der Waals surface area contributed by atoms with Crippen molar-refractivity contribution >= 4 is 0 Å². The van der Waals surface area contributed by atoms with Gasteiger partial charge in [0.25, 0.3) is 0 Å². The van der Waals surface area contributed by atoms with Gasteiger partial charge in [-0.3, -0.25) is 0 Å². The van der Waals surface area contributed by atoms with Crippen molar-refractivity contribution in [2.45, 2.75) is 102 Å². The molecule has 4 aliphatic rings. The van der Waals surface area contributed by atoms with Crippen LogP contribution < -0.4 is 0 Å². The normalized spacial score (nSPS) is 53.6. The van der Waals surface area contributed by atoms with Crippen molar-refractivity contribution in [3.8, 4) is 0 Å². The highest BCUT2D eigenvalue weighted by molar-refractivity contribution is 5.19. The second kappa shape index (κ2) is 4.94. The SMILES string of the molecule is CC(C)O[C@@H]1CC[C@]2(CO2)C(C2(C)O[C@@H]2C[C@@H]2OC2(C)C)[C@@H]1C. The molecule has 4 rings (SSSR count). The van der Waals surface area contributed by atoms with Gasteiger partial charge < -0.3 is 18.9 Å². The van der Waals surface area contributed by atoms with Gasteiger partial charge in [0.05, 0.1) is 47.8 Å². The minimum atomic E-state index is -0.0725. The summed E-state index contributed by atoms with van der Waals surface area (Å²) < 4.78 is 24.2. The van der Waals surface area contributed by atoms with Gasteiger partial charge in [-0.05, 0) is 53.4 Å². The summed E-state index contributed by atoms with van der Waals surface area (Å²) in [6.07, 6.45) is 4.49. The predicted octanol–water partition coefficient (Wildman–Crippen LogP) is 3.32. The van der Waals surface area contributed by atoms with Gasteiger partial charge in [-0.25, -0.2) is 0 Å². The Morgan fingerprint density at radius 3 is 2.30 bits per heavy atom. The minimum Gasteiger partial charge on any atom is -0.375 e. The van der Waals surface area contributed by atoms with Crippen molar-refractivity contribution in [3.05, 3.63) is 0 Å². The Bertz CT molecular complexity index is 484. The first kappa shape index (κ1) is 16.3. The van der Waals surface area contributed by atoms with Gasteiger partial charge in [-0.15, -0.1) is 0 Å². The minimum absolute atomic E-state index is 0.0437. The topological polar surface area (TPSA) is 46.8 Å². The van der Waals surface area contributed by atoms with Crippen molar-refractivity contribution in [2.75, 3.05) is 6.61 Å². The van der Waals surface area contributed by atoms with E-state index in [0.29, 0.717) is 30.1 Å². The summed E-state index contributed by atoms with van der Waals surface area (Å²) in [6, 6.07) is 0. The summed E-state index contributed by atoms with van der Waals surface area (Å²) in [5.41, 5.74) is 0.0265. The molecule has 2 unspecified atom stereocenters. The first-order valence-corrected chi connectivity index (χ1v) is 9.33. The van der Waals surface area contributed by atoms with Crippen LogP contribution >= 0.6 is 0 Å². The van der Waals surface area contributed by atoms with Gasteiger partial charge in [-0.1, -0.05) is 6.92 Å². The molecule has 3 aliphatic heterocycles. The average molecular weight is 324 g/mol. The Hall–Kier alpha value is -0.160. The van der Waals surface area contributed by atoms with Crippen LogP contribution in [-0.2, 0) is 18.9 Å². The number of hydrogen-bond donors (Lipinski definition) is 0. The second-order valence-electron chi connectivity index (χ2n) is 9.19. The molecule has 1 spiro atoms. The molecule has 3 heterocycles. The number of ether oxygens (including phenoxy) is 4. The van der Waals surface area contributed by atoms with E-state index in [9.17, 15) is 0 Å². The van der Waals surface area contributed by atoms with Crippen molar-refractivity contribution < 1.29 is 18.9 Å². The quantitative estimate of drug-likeness (QED) is 0.728. The molecular weight excluding hydrogens is 292 g/mol. The van der Waals surface area contributed by atoms with Gasteiger partial charge in [0, 0.05) is 12.3 Å². The van der Waals surface area contributed by atoms with E-state index < -0.39 is 0 Å². The number of hydrogen-bond acceptors (Lipinski definition) is 4. The van der Waals surface area contributed by atoms with Gasteiger partial charge in [0.15, 0.2) is 0 Å². The van der Waals surface area contributed by atoms with Crippen molar-refractivity contribution in [2.24, 2.45) is 11.8 Å². The smallest absolute Gasteiger partial charge is 0.0981 e. The molecule has 3 saturated heterocycles. The summed E-state index contributed by atoms with van der Waals surface area (Å²) in [7, 11) is 0. The first-order valence-electron chi connectivity index (χ1n) is 9.33. The molecule has 4 heteroatoms. The van der Waals surface area contributed by atoms with E-state index in [4.69, 9.17) is 18.9 Å². The van der Waals surface area contributed by atoms with Gasteiger partial charge in [0.2, 0.25) is 0 Å². The maximum Gasteiger partial charge on any atom is 0.0981 e.